The molecule has 1 atom stereocenters. The van der Waals surface area contributed by atoms with E-state index in [1.807, 2.05) is 45.0 Å². The smallest absolute Gasteiger partial charge is 0.407 e. The van der Waals surface area contributed by atoms with Gasteiger partial charge in [-0.25, -0.2) is 4.79 Å². The predicted molar refractivity (Wildman–Crippen MR) is 96.5 cm³/mol. The van der Waals surface area contributed by atoms with Gasteiger partial charge in [0.2, 0.25) is 0 Å². The molecule has 1 aromatic rings. The van der Waals surface area contributed by atoms with Gasteiger partial charge < -0.3 is 15.2 Å². The van der Waals surface area contributed by atoms with Crippen LogP contribution in [0.3, 0.4) is 0 Å². The second-order valence-corrected chi connectivity index (χ2v) is 7.98. The Hall–Kier alpha value is -1.07. The fourth-order valence-corrected chi connectivity index (χ4v) is 2.83. The molecule has 1 unspecified atom stereocenters. The first-order valence-electron chi connectivity index (χ1n) is 8.02. The molecule has 0 heterocycles. The fourth-order valence-electron chi connectivity index (χ4n) is 2.57. The Labute approximate surface area is 147 Å². The van der Waals surface area contributed by atoms with Gasteiger partial charge in [0, 0.05) is 16.4 Å². The molecule has 0 aliphatic rings. The van der Waals surface area contributed by atoms with Crippen molar-refractivity contribution < 1.29 is 14.6 Å². The Kier molecular flexibility index (Phi) is 7.55. The number of aliphatic hydroxyl groups excluding tert-OH is 1. The summed E-state index contributed by atoms with van der Waals surface area (Å²) in [7, 11) is 0. The second-order valence-electron chi connectivity index (χ2n) is 7.07. The van der Waals surface area contributed by atoms with Crippen molar-refractivity contribution in [1.29, 1.82) is 0 Å². The van der Waals surface area contributed by atoms with Crippen molar-refractivity contribution in [1.82, 2.24) is 5.32 Å². The summed E-state index contributed by atoms with van der Waals surface area (Å²) in [5.74, 6) is 0. The van der Waals surface area contributed by atoms with Crippen molar-refractivity contribution in [2.45, 2.75) is 52.6 Å². The van der Waals surface area contributed by atoms with E-state index >= 15 is 0 Å². The maximum absolute atomic E-state index is 11.9. The normalized spacial score (nSPS) is 14.2. The van der Waals surface area contributed by atoms with E-state index in [1.165, 1.54) is 0 Å². The van der Waals surface area contributed by atoms with Gasteiger partial charge in [0.1, 0.15) is 5.60 Å². The lowest BCUT2D eigenvalue weighted by atomic mass is 9.78. The molecule has 0 bridgehead atoms. The average Bonchev–Trinajstić information content (AvgIpc) is 2.46. The Morgan fingerprint density at radius 2 is 1.87 bits per heavy atom. The molecule has 0 aliphatic heterocycles. The third-order valence-corrected chi connectivity index (χ3v) is 4.14. The summed E-state index contributed by atoms with van der Waals surface area (Å²) >= 11 is 3.43. The van der Waals surface area contributed by atoms with Crippen molar-refractivity contribution in [2.75, 3.05) is 13.2 Å². The quantitative estimate of drug-likeness (QED) is 0.735. The minimum absolute atomic E-state index is 0.0205. The van der Waals surface area contributed by atoms with Crippen LogP contribution in [-0.4, -0.2) is 30.0 Å². The maximum Gasteiger partial charge on any atom is 0.407 e. The van der Waals surface area contributed by atoms with Crippen molar-refractivity contribution in [3.63, 3.8) is 0 Å². The fraction of sp³-hybridized carbons (Fsp3) is 0.611. The van der Waals surface area contributed by atoms with Crippen LogP contribution >= 0.6 is 15.9 Å². The highest BCUT2D eigenvalue weighted by molar-refractivity contribution is 9.10. The number of aliphatic hydroxyl groups is 1. The minimum Gasteiger partial charge on any atom is -0.444 e. The van der Waals surface area contributed by atoms with Crippen LogP contribution in [0.2, 0.25) is 0 Å². The molecule has 1 rings (SSSR count). The summed E-state index contributed by atoms with van der Waals surface area (Å²) in [4.78, 5) is 11.9. The minimum atomic E-state index is -0.525. The van der Waals surface area contributed by atoms with Gasteiger partial charge >= 0.3 is 6.09 Å². The molecule has 0 saturated heterocycles. The van der Waals surface area contributed by atoms with Gasteiger partial charge in [-0.15, -0.1) is 0 Å². The van der Waals surface area contributed by atoms with E-state index in [1.54, 1.807) is 0 Å². The van der Waals surface area contributed by atoms with Gasteiger partial charge in [0.15, 0.2) is 0 Å². The van der Waals surface area contributed by atoms with Crippen LogP contribution in [0.1, 0.15) is 46.1 Å². The molecular formula is C18H28BrNO3. The molecule has 5 heteroatoms. The van der Waals surface area contributed by atoms with Crippen molar-refractivity contribution in [2.24, 2.45) is 5.41 Å². The molecule has 0 saturated carbocycles. The first kappa shape index (κ1) is 20.0. The van der Waals surface area contributed by atoms with Gasteiger partial charge in [-0.05, 0) is 51.3 Å². The zero-order valence-corrected chi connectivity index (χ0v) is 16.1. The van der Waals surface area contributed by atoms with Crippen LogP contribution in [0.15, 0.2) is 28.7 Å². The molecular weight excluding hydrogens is 358 g/mol. The van der Waals surface area contributed by atoms with Crippen LogP contribution in [0.25, 0.3) is 0 Å². The molecule has 0 spiro atoms. The molecule has 130 valence electrons. The number of carbonyl (C=O) groups is 1. The van der Waals surface area contributed by atoms with Crippen LogP contribution in [0.5, 0.6) is 0 Å². The van der Waals surface area contributed by atoms with Crippen LogP contribution in [-0.2, 0) is 11.2 Å². The number of halogens is 1. The molecule has 0 fully saturated rings. The third-order valence-electron chi connectivity index (χ3n) is 3.61. The second kappa shape index (κ2) is 8.69. The molecule has 1 aromatic carbocycles. The molecule has 1 amide bonds. The van der Waals surface area contributed by atoms with Gasteiger partial charge in [-0.3, -0.25) is 0 Å². The molecule has 2 N–H and O–H groups in total. The Morgan fingerprint density at radius 3 is 2.35 bits per heavy atom. The summed E-state index contributed by atoms with van der Waals surface area (Å²) in [5.41, 5.74) is 0.240. The number of carbonyl (C=O) groups excluding carboxylic acids is 1. The molecule has 0 aliphatic carbocycles. The third kappa shape index (κ3) is 7.36. The van der Waals surface area contributed by atoms with Crippen LogP contribution in [0, 0.1) is 5.41 Å². The zero-order chi connectivity index (χ0) is 17.5. The molecule has 0 aromatic heterocycles. The first-order valence-corrected chi connectivity index (χ1v) is 8.81. The van der Waals surface area contributed by atoms with E-state index in [-0.39, 0.29) is 12.0 Å². The lowest BCUT2D eigenvalue weighted by molar-refractivity contribution is 0.0455. The number of hydrogen-bond donors (Lipinski definition) is 2. The van der Waals surface area contributed by atoms with Crippen LogP contribution < -0.4 is 5.32 Å². The first-order chi connectivity index (χ1) is 10.7. The Balaban J connectivity index is 2.77. The van der Waals surface area contributed by atoms with Gasteiger partial charge in [-0.2, -0.15) is 0 Å². The lowest BCUT2D eigenvalue weighted by Crippen LogP contribution is -2.43. The van der Waals surface area contributed by atoms with E-state index < -0.39 is 11.7 Å². The topological polar surface area (TPSA) is 58.6 Å². The number of alkyl carbamates (subject to hydrolysis) is 1. The number of ether oxygens (including phenoxy) is 1. The number of hydrogen-bond acceptors (Lipinski definition) is 3. The highest BCUT2D eigenvalue weighted by Crippen LogP contribution is 2.28. The van der Waals surface area contributed by atoms with Crippen molar-refractivity contribution in [3.05, 3.63) is 34.3 Å². The Bertz CT molecular complexity index is 496. The molecule has 23 heavy (non-hydrogen) atoms. The largest absolute Gasteiger partial charge is 0.444 e. The summed E-state index contributed by atoms with van der Waals surface area (Å²) < 4.78 is 6.31. The average molecular weight is 386 g/mol. The van der Waals surface area contributed by atoms with E-state index in [0.717, 1.165) is 22.9 Å². The summed E-state index contributed by atoms with van der Waals surface area (Å²) in [6.45, 7) is 7.99. The van der Waals surface area contributed by atoms with Crippen molar-refractivity contribution in [3.8, 4) is 0 Å². The molecule has 0 radical (unpaired) electrons. The van der Waals surface area contributed by atoms with E-state index in [9.17, 15) is 9.90 Å². The standard InChI is InChI=1S/C18H28BrNO3/c1-5-10-18(13-21,11-14-6-8-15(19)9-7-14)12-20-16(22)23-17(2,3)4/h6-9,21H,5,10-13H2,1-4H3,(H,20,22). The van der Waals surface area contributed by atoms with E-state index in [2.05, 4.69) is 28.2 Å². The number of nitrogens with one attached hydrogen (secondary N) is 1. The monoisotopic (exact) mass is 385 g/mol. The Morgan fingerprint density at radius 1 is 1.26 bits per heavy atom. The van der Waals surface area contributed by atoms with Gasteiger partial charge in [0.05, 0.1) is 6.61 Å². The maximum atomic E-state index is 11.9. The predicted octanol–water partition coefficient (Wildman–Crippen LogP) is 4.30. The van der Waals surface area contributed by atoms with E-state index in [0.29, 0.717) is 13.0 Å². The lowest BCUT2D eigenvalue weighted by Gasteiger charge is -2.32. The van der Waals surface area contributed by atoms with E-state index in [4.69, 9.17) is 4.74 Å². The molecule has 4 nitrogen and oxygen atoms in total. The number of amides is 1. The highest BCUT2D eigenvalue weighted by Gasteiger charge is 2.30. The van der Waals surface area contributed by atoms with Gasteiger partial charge in [-0.1, -0.05) is 41.4 Å². The summed E-state index contributed by atoms with van der Waals surface area (Å²) in [5, 5.41) is 12.8. The zero-order valence-electron chi connectivity index (χ0n) is 14.5. The number of rotatable bonds is 7. The van der Waals surface area contributed by atoms with Crippen molar-refractivity contribution >= 4 is 22.0 Å². The highest BCUT2D eigenvalue weighted by atomic mass is 79.9. The number of benzene rings is 1. The SMILES string of the molecule is CCCC(CO)(CNC(=O)OC(C)(C)C)Cc1ccc(Br)cc1. The summed E-state index contributed by atoms with van der Waals surface area (Å²) in [6, 6.07) is 8.06. The van der Waals surface area contributed by atoms with Crippen LogP contribution in [0.4, 0.5) is 4.79 Å². The summed E-state index contributed by atoms with van der Waals surface area (Å²) in [6.07, 6.45) is 2.03. The van der Waals surface area contributed by atoms with Gasteiger partial charge in [0.25, 0.3) is 0 Å².